The second-order valence-corrected chi connectivity index (χ2v) is 8.43. The van der Waals surface area contributed by atoms with Crippen LogP contribution in [0.15, 0.2) is 53.8 Å². The highest BCUT2D eigenvalue weighted by atomic mass is 35.5. The third-order valence-electron chi connectivity index (χ3n) is 4.07. The van der Waals surface area contributed by atoms with Crippen molar-refractivity contribution >= 4 is 39.9 Å². The SMILES string of the molecule is C=C1OB(c2cnc(Cl)c(NS(=O)(=O)c3ccc(OC)cc3)c2)OC1(C)C. The van der Waals surface area contributed by atoms with Crippen LogP contribution in [0.25, 0.3) is 0 Å². The molecular formula is C17H18BClN2O5S. The molecule has 0 spiro atoms. The lowest BCUT2D eigenvalue weighted by atomic mass is 9.80. The van der Waals surface area contributed by atoms with Crippen LogP contribution in [0.3, 0.4) is 0 Å². The van der Waals surface area contributed by atoms with Gasteiger partial charge in [-0.1, -0.05) is 18.2 Å². The van der Waals surface area contributed by atoms with Gasteiger partial charge in [-0.15, -0.1) is 0 Å². The van der Waals surface area contributed by atoms with Gasteiger partial charge in [0.1, 0.15) is 11.4 Å². The van der Waals surface area contributed by atoms with E-state index in [1.54, 1.807) is 12.1 Å². The normalized spacial score (nSPS) is 16.1. The molecule has 0 amide bonds. The zero-order chi connectivity index (χ0) is 19.8. The fourth-order valence-electron chi connectivity index (χ4n) is 2.39. The lowest BCUT2D eigenvalue weighted by Crippen LogP contribution is -2.35. The molecule has 1 saturated heterocycles. The molecule has 7 nitrogen and oxygen atoms in total. The number of sulfonamides is 1. The van der Waals surface area contributed by atoms with Gasteiger partial charge >= 0.3 is 7.12 Å². The molecule has 0 aliphatic carbocycles. The molecule has 10 heteroatoms. The van der Waals surface area contributed by atoms with Crippen molar-refractivity contribution in [2.24, 2.45) is 0 Å². The maximum atomic E-state index is 12.6. The van der Waals surface area contributed by atoms with Gasteiger partial charge in [0, 0.05) is 11.7 Å². The molecule has 0 radical (unpaired) electrons. The second-order valence-electron chi connectivity index (χ2n) is 6.39. The number of nitrogens with one attached hydrogen (secondary N) is 1. The summed E-state index contributed by atoms with van der Waals surface area (Å²) in [4.78, 5) is 4.09. The first-order valence-corrected chi connectivity index (χ1v) is 9.85. The second kappa shape index (κ2) is 7.07. The summed E-state index contributed by atoms with van der Waals surface area (Å²) in [5.74, 6) is 1.02. The molecule has 27 heavy (non-hydrogen) atoms. The van der Waals surface area contributed by atoms with Crippen molar-refractivity contribution in [2.75, 3.05) is 11.8 Å². The third-order valence-corrected chi connectivity index (χ3v) is 5.75. The Bertz CT molecular complexity index is 979. The van der Waals surface area contributed by atoms with Gasteiger partial charge in [0.15, 0.2) is 5.15 Å². The Hall–Kier alpha value is -2.23. The number of aromatic nitrogens is 1. The van der Waals surface area contributed by atoms with Gasteiger partial charge in [0.05, 0.1) is 23.5 Å². The van der Waals surface area contributed by atoms with Crippen LogP contribution >= 0.6 is 11.6 Å². The van der Waals surface area contributed by atoms with Gasteiger partial charge in [0.25, 0.3) is 10.0 Å². The Balaban J connectivity index is 1.87. The van der Waals surface area contributed by atoms with Crippen LogP contribution in [-0.4, -0.2) is 33.2 Å². The molecule has 0 atom stereocenters. The average Bonchev–Trinajstić information content (AvgIpc) is 2.90. The van der Waals surface area contributed by atoms with E-state index in [1.165, 1.54) is 31.5 Å². The largest absolute Gasteiger partial charge is 0.565 e. The quantitative estimate of drug-likeness (QED) is 0.604. The van der Waals surface area contributed by atoms with Gasteiger partial charge in [-0.3, -0.25) is 4.72 Å². The maximum absolute atomic E-state index is 12.6. The van der Waals surface area contributed by atoms with Crippen LogP contribution in [0.4, 0.5) is 5.69 Å². The number of hydrogen-bond donors (Lipinski definition) is 1. The first kappa shape index (κ1) is 19.5. The number of benzene rings is 1. The van der Waals surface area contributed by atoms with Crippen LogP contribution in [0.2, 0.25) is 5.15 Å². The topological polar surface area (TPSA) is 86.8 Å². The Morgan fingerprint density at radius 1 is 1.30 bits per heavy atom. The monoisotopic (exact) mass is 408 g/mol. The predicted octanol–water partition coefficient (Wildman–Crippen LogP) is 2.58. The zero-order valence-electron chi connectivity index (χ0n) is 15.0. The summed E-state index contributed by atoms with van der Waals surface area (Å²) in [6.07, 6.45) is 1.47. The Morgan fingerprint density at radius 2 is 1.96 bits per heavy atom. The predicted molar refractivity (Wildman–Crippen MR) is 104 cm³/mol. The Kier molecular flexibility index (Phi) is 5.11. The van der Waals surface area contributed by atoms with Gasteiger partial charge in [-0.05, 0) is 44.2 Å². The molecular weight excluding hydrogens is 391 g/mol. The third kappa shape index (κ3) is 4.05. The number of hydrogen-bond acceptors (Lipinski definition) is 6. The van der Waals surface area contributed by atoms with E-state index in [9.17, 15) is 8.42 Å². The molecule has 1 N–H and O–H groups in total. The average molecular weight is 409 g/mol. The fourth-order valence-corrected chi connectivity index (χ4v) is 3.65. The van der Waals surface area contributed by atoms with Crippen molar-refractivity contribution < 1.29 is 22.5 Å². The first-order valence-electron chi connectivity index (χ1n) is 7.98. The van der Waals surface area contributed by atoms with E-state index in [0.29, 0.717) is 17.0 Å². The summed E-state index contributed by atoms with van der Waals surface area (Å²) < 4.78 is 44.1. The number of ether oxygens (including phenoxy) is 1. The van der Waals surface area contributed by atoms with Crippen molar-refractivity contribution in [2.45, 2.75) is 24.3 Å². The van der Waals surface area contributed by atoms with Crippen LogP contribution in [0.5, 0.6) is 5.75 Å². The van der Waals surface area contributed by atoms with Crippen molar-refractivity contribution in [3.05, 3.63) is 54.0 Å². The fraction of sp³-hybridized carbons (Fsp3) is 0.235. The molecule has 3 rings (SSSR count). The molecule has 1 aromatic carbocycles. The number of methoxy groups -OCH3 is 1. The van der Waals surface area contributed by atoms with Crippen molar-refractivity contribution in [1.82, 2.24) is 4.98 Å². The van der Waals surface area contributed by atoms with E-state index in [4.69, 9.17) is 25.6 Å². The minimum absolute atomic E-state index is 0.00641. The Morgan fingerprint density at radius 3 is 2.52 bits per heavy atom. The molecule has 0 saturated carbocycles. The number of pyridine rings is 1. The zero-order valence-corrected chi connectivity index (χ0v) is 16.6. The van der Waals surface area contributed by atoms with Gasteiger partial charge in [-0.2, -0.15) is 0 Å². The molecule has 2 aromatic rings. The molecule has 0 bridgehead atoms. The summed E-state index contributed by atoms with van der Waals surface area (Å²) >= 11 is 6.07. The Labute approximate surface area is 163 Å². The van der Waals surface area contributed by atoms with E-state index >= 15 is 0 Å². The van der Waals surface area contributed by atoms with Gasteiger partial charge < -0.3 is 14.0 Å². The molecule has 1 aliphatic heterocycles. The van der Waals surface area contributed by atoms with E-state index in [1.807, 2.05) is 13.8 Å². The number of halogens is 1. The van der Waals surface area contributed by atoms with E-state index in [-0.39, 0.29) is 15.7 Å². The van der Waals surface area contributed by atoms with E-state index in [2.05, 4.69) is 16.3 Å². The summed E-state index contributed by atoms with van der Waals surface area (Å²) in [6, 6.07) is 7.50. The molecule has 2 heterocycles. The minimum atomic E-state index is -3.86. The van der Waals surface area contributed by atoms with Crippen LogP contribution in [-0.2, 0) is 19.3 Å². The summed E-state index contributed by atoms with van der Waals surface area (Å²) in [5.41, 5.74) is -0.0290. The number of anilines is 1. The molecule has 0 unspecified atom stereocenters. The van der Waals surface area contributed by atoms with Crippen LogP contribution in [0.1, 0.15) is 13.8 Å². The highest BCUT2D eigenvalue weighted by Gasteiger charge is 2.43. The molecule has 1 aromatic heterocycles. The van der Waals surface area contributed by atoms with E-state index in [0.717, 1.165) is 0 Å². The molecule has 142 valence electrons. The van der Waals surface area contributed by atoms with Crippen LogP contribution < -0.4 is 14.9 Å². The molecule has 1 aliphatic rings. The van der Waals surface area contributed by atoms with Crippen molar-refractivity contribution in [1.29, 1.82) is 0 Å². The number of nitrogens with zero attached hydrogens (tertiary/aromatic N) is 1. The highest BCUT2D eigenvalue weighted by molar-refractivity contribution is 7.92. The highest BCUT2D eigenvalue weighted by Crippen LogP contribution is 2.30. The van der Waals surface area contributed by atoms with Gasteiger partial charge in [-0.25, -0.2) is 13.4 Å². The molecule has 1 fully saturated rings. The summed E-state index contributed by atoms with van der Waals surface area (Å²) in [7, 11) is -3.11. The lowest BCUT2D eigenvalue weighted by Gasteiger charge is -2.15. The van der Waals surface area contributed by atoms with Crippen molar-refractivity contribution in [3.63, 3.8) is 0 Å². The number of rotatable bonds is 5. The smallest absolute Gasteiger partial charge is 0.534 e. The lowest BCUT2D eigenvalue weighted by molar-refractivity contribution is 0.173. The van der Waals surface area contributed by atoms with Crippen LogP contribution in [0, 0.1) is 0 Å². The summed E-state index contributed by atoms with van der Waals surface area (Å²) in [5, 5.41) is 0.00641. The van der Waals surface area contributed by atoms with E-state index < -0.39 is 22.7 Å². The van der Waals surface area contributed by atoms with Gasteiger partial charge in [0.2, 0.25) is 0 Å². The van der Waals surface area contributed by atoms with Crippen molar-refractivity contribution in [3.8, 4) is 5.75 Å². The minimum Gasteiger partial charge on any atom is -0.534 e. The summed E-state index contributed by atoms with van der Waals surface area (Å²) in [6.45, 7) is 7.47. The maximum Gasteiger partial charge on any atom is 0.565 e. The standard InChI is InChI=1S/C17H18BClN2O5S/c1-11-17(2,3)26-18(25-11)12-9-15(16(19)20-10-12)21-27(22,23)14-7-5-13(24-4)6-8-14/h5-10,21H,1H2,2-4H3. The first-order chi connectivity index (χ1) is 12.6.